The number of aliphatic hydroxyl groups is 1. The number of halogens is 2. The van der Waals surface area contributed by atoms with Crippen molar-refractivity contribution in [1.82, 2.24) is 0 Å². The van der Waals surface area contributed by atoms with E-state index < -0.39 is 5.92 Å². The van der Waals surface area contributed by atoms with Gasteiger partial charge < -0.3 is 9.84 Å². The highest BCUT2D eigenvalue weighted by Gasteiger charge is 2.32. The molecule has 1 N–H and O–H groups in total. The monoisotopic (exact) mass is 316 g/mol. The number of rotatable bonds is 4. The Bertz CT molecular complexity index is 490. The fourth-order valence-electron chi connectivity index (χ4n) is 2.83. The van der Waals surface area contributed by atoms with E-state index in [1.165, 1.54) is 7.11 Å². The van der Waals surface area contributed by atoms with Crippen LogP contribution in [0.3, 0.4) is 0 Å². The van der Waals surface area contributed by atoms with E-state index in [9.17, 15) is 9.90 Å². The molecule has 5 heteroatoms. The number of carbonyl (C=O) groups is 1. The Balaban J connectivity index is 2.22. The van der Waals surface area contributed by atoms with Gasteiger partial charge in [0.25, 0.3) is 0 Å². The third-order valence-electron chi connectivity index (χ3n) is 3.99. The van der Waals surface area contributed by atoms with Crippen LogP contribution in [0.15, 0.2) is 18.2 Å². The van der Waals surface area contributed by atoms with Crippen LogP contribution < -0.4 is 0 Å². The van der Waals surface area contributed by atoms with Crippen LogP contribution in [0.1, 0.15) is 37.2 Å². The van der Waals surface area contributed by atoms with Gasteiger partial charge in [0.05, 0.1) is 29.2 Å². The Morgan fingerprint density at radius 1 is 1.40 bits per heavy atom. The number of esters is 1. The van der Waals surface area contributed by atoms with Crippen molar-refractivity contribution in [3.63, 3.8) is 0 Å². The lowest BCUT2D eigenvalue weighted by atomic mass is 9.87. The van der Waals surface area contributed by atoms with Crippen molar-refractivity contribution in [3.8, 4) is 0 Å². The molecular weight excluding hydrogens is 299 g/mol. The second kappa shape index (κ2) is 6.79. The average Bonchev–Trinajstić information content (AvgIpc) is 2.84. The van der Waals surface area contributed by atoms with E-state index in [1.54, 1.807) is 18.2 Å². The summed E-state index contributed by atoms with van der Waals surface area (Å²) < 4.78 is 4.89. The molecule has 1 aliphatic rings. The molecule has 1 aromatic carbocycles. The van der Waals surface area contributed by atoms with Gasteiger partial charge in [0.2, 0.25) is 0 Å². The van der Waals surface area contributed by atoms with Gasteiger partial charge in [0.1, 0.15) is 0 Å². The zero-order valence-corrected chi connectivity index (χ0v) is 12.8. The maximum absolute atomic E-state index is 12.0. The second-order valence-corrected chi connectivity index (χ2v) is 6.06. The Morgan fingerprint density at radius 3 is 2.70 bits per heavy atom. The zero-order chi connectivity index (χ0) is 14.7. The van der Waals surface area contributed by atoms with Crippen LogP contribution in [0, 0.1) is 5.92 Å². The molecule has 0 aromatic heterocycles. The summed E-state index contributed by atoms with van der Waals surface area (Å²) in [7, 11) is 1.37. The topological polar surface area (TPSA) is 46.5 Å². The summed E-state index contributed by atoms with van der Waals surface area (Å²) in [6.07, 6.45) is 2.99. The first-order valence-corrected chi connectivity index (χ1v) is 7.49. The molecule has 1 saturated carbocycles. The van der Waals surface area contributed by atoms with Crippen LogP contribution in [0.4, 0.5) is 0 Å². The quantitative estimate of drug-likeness (QED) is 0.859. The number of ether oxygens (including phenoxy) is 1. The van der Waals surface area contributed by atoms with E-state index in [4.69, 9.17) is 27.9 Å². The standard InChI is InChI=1S/C15H18Cl2O3/c1-20-15(19)11(7-10-3-2-4-14(10)18)9-5-6-12(16)13(17)8-9/h5-6,8,10-11,14,18H,2-4,7H2,1H3. The molecule has 0 spiro atoms. The summed E-state index contributed by atoms with van der Waals surface area (Å²) in [5, 5.41) is 10.8. The van der Waals surface area contributed by atoms with Crippen LogP contribution in [0.2, 0.25) is 10.0 Å². The summed E-state index contributed by atoms with van der Waals surface area (Å²) >= 11 is 11.9. The minimum Gasteiger partial charge on any atom is -0.469 e. The lowest BCUT2D eigenvalue weighted by Gasteiger charge is -2.21. The maximum atomic E-state index is 12.0. The van der Waals surface area contributed by atoms with Crippen molar-refractivity contribution in [3.05, 3.63) is 33.8 Å². The normalized spacial score (nSPS) is 23.6. The van der Waals surface area contributed by atoms with E-state index in [1.807, 2.05) is 0 Å². The van der Waals surface area contributed by atoms with E-state index in [2.05, 4.69) is 0 Å². The van der Waals surface area contributed by atoms with Gasteiger partial charge in [-0.25, -0.2) is 0 Å². The number of hydrogen-bond acceptors (Lipinski definition) is 3. The van der Waals surface area contributed by atoms with Crippen LogP contribution in [0.25, 0.3) is 0 Å². The number of hydrogen-bond donors (Lipinski definition) is 1. The van der Waals surface area contributed by atoms with Crippen molar-refractivity contribution in [1.29, 1.82) is 0 Å². The Hall–Kier alpha value is -0.770. The summed E-state index contributed by atoms with van der Waals surface area (Å²) in [5.74, 6) is -0.580. The molecule has 1 fully saturated rings. The molecule has 3 nitrogen and oxygen atoms in total. The summed E-state index contributed by atoms with van der Waals surface area (Å²) in [6.45, 7) is 0. The molecule has 0 saturated heterocycles. The van der Waals surface area contributed by atoms with Gasteiger partial charge in [-0.2, -0.15) is 0 Å². The zero-order valence-electron chi connectivity index (χ0n) is 11.3. The molecule has 3 unspecified atom stereocenters. The van der Waals surface area contributed by atoms with Crippen molar-refractivity contribution >= 4 is 29.2 Å². The summed E-state index contributed by atoms with van der Waals surface area (Å²) in [4.78, 5) is 12.0. The van der Waals surface area contributed by atoms with Crippen LogP contribution in [0.5, 0.6) is 0 Å². The highest BCUT2D eigenvalue weighted by molar-refractivity contribution is 6.42. The van der Waals surface area contributed by atoms with Gasteiger partial charge in [-0.05, 0) is 42.9 Å². The minimum absolute atomic E-state index is 0.133. The van der Waals surface area contributed by atoms with Gasteiger partial charge in [0, 0.05) is 0 Å². The summed E-state index contributed by atoms with van der Waals surface area (Å²) in [5.41, 5.74) is 0.783. The third kappa shape index (κ3) is 3.46. The highest BCUT2D eigenvalue weighted by Crippen LogP contribution is 2.36. The largest absolute Gasteiger partial charge is 0.469 e. The first-order chi connectivity index (χ1) is 9.52. The Kier molecular flexibility index (Phi) is 5.30. The second-order valence-electron chi connectivity index (χ2n) is 5.24. The molecule has 2 rings (SSSR count). The predicted octanol–water partition coefficient (Wildman–Crippen LogP) is 3.80. The van der Waals surface area contributed by atoms with Gasteiger partial charge in [-0.1, -0.05) is 35.7 Å². The molecule has 0 radical (unpaired) electrons. The minimum atomic E-state index is -0.410. The molecule has 20 heavy (non-hydrogen) atoms. The first-order valence-electron chi connectivity index (χ1n) is 6.73. The SMILES string of the molecule is COC(=O)C(CC1CCCC1O)c1ccc(Cl)c(Cl)c1. The molecular formula is C15H18Cl2O3. The Morgan fingerprint density at radius 2 is 2.15 bits per heavy atom. The van der Waals surface area contributed by atoms with Crippen molar-refractivity contribution in [2.24, 2.45) is 5.92 Å². The smallest absolute Gasteiger partial charge is 0.313 e. The van der Waals surface area contributed by atoms with Crippen molar-refractivity contribution in [2.75, 3.05) is 7.11 Å². The molecule has 0 aliphatic heterocycles. The van der Waals surface area contributed by atoms with Crippen molar-refractivity contribution in [2.45, 2.75) is 37.7 Å². The van der Waals surface area contributed by atoms with E-state index in [-0.39, 0.29) is 18.0 Å². The fraction of sp³-hybridized carbons (Fsp3) is 0.533. The molecule has 1 aromatic rings. The third-order valence-corrected chi connectivity index (χ3v) is 4.73. The Labute approximate surface area is 128 Å². The number of benzene rings is 1. The molecule has 1 aliphatic carbocycles. The van der Waals surface area contributed by atoms with E-state index in [0.717, 1.165) is 24.8 Å². The molecule has 3 atom stereocenters. The highest BCUT2D eigenvalue weighted by atomic mass is 35.5. The molecule has 0 heterocycles. The number of aliphatic hydroxyl groups excluding tert-OH is 1. The van der Waals surface area contributed by atoms with E-state index in [0.29, 0.717) is 16.5 Å². The first kappa shape index (κ1) is 15.6. The fourth-order valence-corrected chi connectivity index (χ4v) is 3.14. The lowest BCUT2D eigenvalue weighted by molar-refractivity contribution is -0.143. The maximum Gasteiger partial charge on any atom is 0.313 e. The number of methoxy groups -OCH3 is 1. The predicted molar refractivity (Wildman–Crippen MR) is 79.2 cm³/mol. The van der Waals surface area contributed by atoms with Crippen molar-refractivity contribution < 1.29 is 14.6 Å². The van der Waals surface area contributed by atoms with Crippen LogP contribution in [-0.2, 0) is 9.53 Å². The van der Waals surface area contributed by atoms with Gasteiger partial charge in [0.15, 0.2) is 0 Å². The van der Waals surface area contributed by atoms with Crippen LogP contribution in [-0.4, -0.2) is 24.3 Å². The van der Waals surface area contributed by atoms with Crippen LogP contribution >= 0.6 is 23.2 Å². The number of carbonyl (C=O) groups excluding carboxylic acids is 1. The molecule has 0 bridgehead atoms. The van der Waals surface area contributed by atoms with E-state index >= 15 is 0 Å². The van der Waals surface area contributed by atoms with Gasteiger partial charge in [-0.15, -0.1) is 0 Å². The lowest BCUT2D eigenvalue weighted by Crippen LogP contribution is -2.22. The average molecular weight is 317 g/mol. The molecule has 110 valence electrons. The molecule has 0 amide bonds. The van der Waals surface area contributed by atoms with Gasteiger partial charge in [-0.3, -0.25) is 4.79 Å². The summed E-state index contributed by atoms with van der Waals surface area (Å²) in [6, 6.07) is 5.17. The van der Waals surface area contributed by atoms with Gasteiger partial charge >= 0.3 is 5.97 Å².